The SMILES string of the molecule is CCC(C(=O)N[C@H](C)C(=O)O)c1ccccc1. The number of carbonyl (C=O) groups is 2. The molecule has 0 bridgehead atoms. The van der Waals surface area contributed by atoms with Gasteiger partial charge in [-0.1, -0.05) is 37.3 Å². The highest BCUT2D eigenvalue weighted by Crippen LogP contribution is 2.19. The first-order valence-corrected chi connectivity index (χ1v) is 5.64. The number of nitrogens with one attached hydrogen (secondary N) is 1. The van der Waals surface area contributed by atoms with E-state index in [0.29, 0.717) is 6.42 Å². The van der Waals surface area contributed by atoms with Gasteiger partial charge in [0.1, 0.15) is 6.04 Å². The quantitative estimate of drug-likeness (QED) is 0.817. The van der Waals surface area contributed by atoms with Crippen LogP contribution in [0.1, 0.15) is 31.7 Å². The molecule has 92 valence electrons. The molecule has 17 heavy (non-hydrogen) atoms. The van der Waals surface area contributed by atoms with E-state index in [1.54, 1.807) is 0 Å². The fourth-order valence-electron chi connectivity index (χ4n) is 1.63. The van der Waals surface area contributed by atoms with Crippen LogP contribution in [-0.2, 0) is 9.59 Å². The molecule has 0 aliphatic heterocycles. The summed E-state index contributed by atoms with van der Waals surface area (Å²) < 4.78 is 0. The van der Waals surface area contributed by atoms with Gasteiger partial charge in [-0.3, -0.25) is 9.59 Å². The topological polar surface area (TPSA) is 66.4 Å². The van der Waals surface area contributed by atoms with Gasteiger partial charge in [-0.15, -0.1) is 0 Å². The first kappa shape index (κ1) is 13.2. The number of aliphatic carboxylic acids is 1. The average Bonchev–Trinajstić information content (AvgIpc) is 2.31. The zero-order valence-corrected chi connectivity index (χ0v) is 10.0. The van der Waals surface area contributed by atoms with E-state index in [0.717, 1.165) is 5.56 Å². The Morgan fingerprint density at radius 2 is 1.88 bits per heavy atom. The van der Waals surface area contributed by atoms with E-state index < -0.39 is 12.0 Å². The van der Waals surface area contributed by atoms with E-state index in [9.17, 15) is 9.59 Å². The third-order valence-corrected chi connectivity index (χ3v) is 2.66. The Morgan fingerprint density at radius 3 is 2.35 bits per heavy atom. The van der Waals surface area contributed by atoms with Crippen molar-refractivity contribution in [2.45, 2.75) is 32.2 Å². The Labute approximate surface area is 101 Å². The van der Waals surface area contributed by atoms with E-state index in [4.69, 9.17) is 5.11 Å². The highest BCUT2D eigenvalue weighted by atomic mass is 16.4. The Kier molecular flexibility index (Phi) is 4.69. The molecule has 0 aliphatic carbocycles. The first-order chi connectivity index (χ1) is 8.06. The first-order valence-electron chi connectivity index (χ1n) is 5.64. The van der Waals surface area contributed by atoms with E-state index in [1.165, 1.54) is 6.92 Å². The van der Waals surface area contributed by atoms with Crippen molar-refractivity contribution in [3.8, 4) is 0 Å². The Hall–Kier alpha value is -1.84. The van der Waals surface area contributed by atoms with Crippen molar-refractivity contribution >= 4 is 11.9 Å². The molecule has 0 aromatic heterocycles. The van der Waals surface area contributed by atoms with Crippen molar-refractivity contribution in [2.75, 3.05) is 0 Å². The summed E-state index contributed by atoms with van der Waals surface area (Å²) >= 11 is 0. The largest absolute Gasteiger partial charge is 0.480 e. The molecule has 2 atom stereocenters. The van der Waals surface area contributed by atoms with Crippen molar-refractivity contribution in [1.82, 2.24) is 5.32 Å². The normalized spacial score (nSPS) is 13.8. The van der Waals surface area contributed by atoms with E-state index in [-0.39, 0.29) is 11.8 Å². The van der Waals surface area contributed by atoms with Gasteiger partial charge in [0, 0.05) is 0 Å². The van der Waals surface area contributed by atoms with Crippen molar-refractivity contribution in [1.29, 1.82) is 0 Å². The van der Waals surface area contributed by atoms with E-state index in [2.05, 4.69) is 5.32 Å². The van der Waals surface area contributed by atoms with Gasteiger partial charge in [0.15, 0.2) is 0 Å². The number of rotatable bonds is 5. The number of carboxylic acids is 1. The molecule has 1 aromatic rings. The van der Waals surface area contributed by atoms with Crippen LogP contribution in [0.3, 0.4) is 0 Å². The third-order valence-electron chi connectivity index (χ3n) is 2.66. The maximum Gasteiger partial charge on any atom is 0.325 e. The van der Waals surface area contributed by atoms with Crippen LogP contribution in [0.4, 0.5) is 0 Å². The van der Waals surface area contributed by atoms with Gasteiger partial charge in [0.05, 0.1) is 5.92 Å². The molecule has 0 spiro atoms. The highest BCUT2D eigenvalue weighted by molar-refractivity contribution is 5.87. The van der Waals surface area contributed by atoms with E-state index in [1.807, 2.05) is 37.3 Å². The molecule has 0 radical (unpaired) electrons. The molecule has 1 aromatic carbocycles. The van der Waals surface area contributed by atoms with Crippen LogP contribution in [0.5, 0.6) is 0 Å². The molecular weight excluding hydrogens is 218 g/mol. The maximum atomic E-state index is 11.9. The number of hydrogen-bond donors (Lipinski definition) is 2. The summed E-state index contributed by atoms with van der Waals surface area (Å²) in [5, 5.41) is 11.2. The number of carboxylic acid groups (broad SMARTS) is 1. The van der Waals surface area contributed by atoms with Gasteiger partial charge >= 0.3 is 5.97 Å². The fraction of sp³-hybridized carbons (Fsp3) is 0.385. The Bertz CT molecular complexity index is 389. The van der Waals surface area contributed by atoms with Gasteiger partial charge in [0.2, 0.25) is 5.91 Å². The lowest BCUT2D eigenvalue weighted by atomic mass is 9.95. The predicted molar refractivity (Wildman–Crippen MR) is 64.7 cm³/mol. The lowest BCUT2D eigenvalue weighted by Crippen LogP contribution is -2.40. The number of benzene rings is 1. The molecule has 0 aliphatic rings. The van der Waals surface area contributed by atoms with E-state index >= 15 is 0 Å². The number of carbonyl (C=O) groups excluding carboxylic acids is 1. The summed E-state index contributed by atoms with van der Waals surface area (Å²) in [6.45, 7) is 3.36. The molecule has 2 N–H and O–H groups in total. The van der Waals surface area contributed by atoms with Crippen LogP contribution in [-0.4, -0.2) is 23.0 Å². The van der Waals surface area contributed by atoms with Crippen LogP contribution in [0.2, 0.25) is 0 Å². The molecule has 0 saturated heterocycles. The summed E-state index contributed by atoms with van der Waals surface area (Å²) in [7, 11) is 0. The zero-order chi connectivity index (χ0) is 12.8. The van der Waals surface area contributed by atoms with Gasteiger partial charge < -0.3 is 10.4 Å². The summed E-state index contributed by atoms with van der Waals surface area (Å²) in [5.41, 5.74) is 0.907. The minimum absolute atomic E-state index is 0.242. The summed E-state index contributed by atoms with van der Waals surface area (Å²) in [5.74, 6) is -1.56. The molecule has 1 rings (SSSR count). The van der Waals surface area contributed by atoms with Gasteiger partial charge in [-0.25, -0.2) is 0 Å². The van der Waals surface area contributed by atoms with Gasteiger partial charge in [0.25, 0.3) is 0 Å². The van der Waals surface area contributed by atoms with Gasteiger partial charge in [-0.05, 0) is 18.9 Å². The van der Waals surface area contributed by atoms with Crippen LogP contribution < -0.4 is 5.32 Å². The zero-order valence-electron chi connectivity index (χ0n) is 10.0. The fourth-order valence-corrected chi connectivity index (χ4v) is 1.63. The molecule has 0 heterocycles. The minimum atomic E-state index is -1.03. The Morgan fingerprint density at radius 1 is 1.29 bits per heavy atom. The molecule has 4 heteroatoms. The lowest BCUT2D eigenvalue weighted by molar-refractivity contribution is -0.141. The minimum Gasteiger partial charge on any atom is -0.480 e. The highest BCUT2D eigenvalue weighted by Gasteiger charge is 2.22. The second kappa shape index (κ2) is 6.03. The van der Waals surface area contributed by atoms with Crippen molar-refractivity contribution in [3.05, 3.63) is 35.9 Å². The molecular formula is C13H17NO3. The smallest absolute Gasteiger partial charge is 0.325 e. The average molecular weight is 235 g/mol. The van der Waals surface area contributed by atoms with Crippen LogP contribution in [0.25, 0.3) is 0 Å². The second-order valence-electron chi connectivity index (χ2n) is 3.94. The second-order valence-corrected chi connectivity index (χ2v) is 3.94. The molecule has 0 saturated carbocycles. The standard InChI is InChI=1S/C13H17NO3/c1-3-11(10-7-5-4-6-8-10)12(15)14-9(2)13(16)17/h4-9,11H,3H2,1-2H3,(H,14,15)(H,16,17)/t9-,11?/m1/s1. The van der Waals surface area contributed by atoms with Crippen LogP contribution in [0.15, 0.2) is 30.3 Å². The molecule has 0 fully saturated rings. The van der Waals surface area contributed by atoms with Crippen LogP contribution >= 0.6 is 0 Å². The van der Waals surface area contributed by atoms with Crippen molar-refractivity contribution < 1.29 is 14.7 Å². The Balaban J connectivity index is 2.75. The summed E-state index contributed by atoms with van der Waals surface area (Å²) in [6, 6.07) is 8.50. The maximum absolute atomic E-state index is 11.9. The monoisotopic (exact) mass is 235 g/mol. The third kappa shape index (κ3) is 3.59. The summed E-state index contributed by atoms with van der Waals surface area (Å²) in [4.78, 5) is 22.6. The number of hydrogen-bond acceptors (Lipinski definition) is 2. The molecule has 4 nitrogen and oxygen atoms in total. The van der Waals surface area contributed by atoms with Crippen molar-refractivity contribution in [2.24, 2.45) is 0 Å². The molecule has 1 amide bonds. The number of amides is 1. The van der Waals surface area contributed by atoms with Gasteiger partial charge in [-0.2, -0.15) is 0 Å². The van der Waals surface area contributed by atoms with Crippen molar-refractivity contribution in [3.63, 3.8) is 0 Å². The van der Waals surface area contributed by atoms with Crippen LogP contribution in [0, 0.1) is 0 Å². The predicted octanol–water partition coefficient (Wildman–Crippen LogP) is 1.77. The molecule has 1 unspecified atom stereocenters. The summed E-state index contributed by atoms with van der Waals surface area (Å²) in [6.07, 6.45) is 0.641. The lowest BCUT2D eigenvalue weighted by Gasteiger charge is -2.17.